The molecule has 0 spiro atoms. The van der Waals surface area contributed by atoms with Crippen molar-refractivity contribution in [1.82, 2.24) is 30.0 Å². The van der Waals surface area contributed by atoms with Gasteiger partial charge in [0.05, 0.1) is 25.0 Å². The van der Waals surface area contributed by atoms with Crippen LogP contribution in [0.2, 0.25) is 0 Å². The van der Waals surface area contributed by atoms with E-state index in [9.17, 15) is 5.11 Å². The summed E-state index contributed by atoms with van der Waals surface area (Å²) in [6.07, 6.45) is 3.07. The molecule has 1 atom stereocenters. The van der Waals surface area contributed by atoms with E-state index < -0.39 is 6.10 Å². The van der Waals surface area contributed by atoms with Crippen molar-refractivity contribution in [3.05, 3.63) is 54.1 Å². The van der Waals surface area contributed by atoms with E-state index in [1.165, 1.54) is 4.80 Å². The molecule has 0 bridgehead atoms. The first-order valence-electron chi connectivity index (χ1n) is 6.23. The summed E-state index contributed by atoms with van der Waals surface area (Å²) >= 11 is 0. The molecule has 0 aliphatic rings. The van der Waals surface area contributed by atoms with Gasteiger partial charge in [0.1, 0.15) is 0 Å². The Bertz CT molecular complexity index is 690. The fourth-order valence-corrected chi connectivity index (χ4v) is 1.93. The molecule has 1 unspecified atom stereocenters. The number of aliphatic hydroxyl groups is 1. The second-order valence-corrected chi connectivity index (χ2v) is 4.47. The van der Waals surface area contributed by atoms with Gasteiger partial charge in [-0.25, -0.2) is 4.68 Å². The highest BCUT2D eigenvalue weighted by molar-refractivity contribution is 5.31. The lowest BCUT2D eigenvalue weighted by atomic mass is 10.1. The molecule has 20 heavy (non-hydrogen) atoms. The van der Waals surface area contributed by atoms with Crippen LogP contribution in [-0.2, 0) is 13.5 Å². The summed E-state index contributed by atoms with van der Waals surface area (Å²) in [5.74, 6) is 0.507. The molecule has 0 saturated carbocycles. The largest absolute Gasteiger partial charge is 0.388 e. The summed E-state index contributed by atoms with van der Waals surface area (Å²) in [7, 11) is 1.69. The molecule has 0 saturated heterocycles. The third-order valence-corrected chi connectivity index (χ3v) is 2.93. The number of para-hydroxylation sites is 1. The predicted octanol–water partition coefficient (Wildman–Crippen LogP) is 0.672. The lowest BCUT2D eigenvalue weighted by Gasteiger charge is -2.04. The average molecular weight is 270 g/mol. The van der Waals surface area contributed by atoms with Crippen LogP contribution >= 0.6 is 0 Å². The van der Waals surface area contributed by atoms with Gasteiger partial charge in [-0.2, -0.15) is 9.90 Å². The Labute approximate surface area is 115 Å². The number of hydrogen-bond acceptors (Lipinski definition) is 5. The molecule has 0 fully saturated rings. The fraction of sp³-hybridized carbons (Fsp3) is 0.231. The maximum atomic E-state index is 10.2. The average Bonchev–Trinajstić information content (AvgIpc) is 3.09. The van der Waals surface area contributed by atoms with Crippen LogP contribution in [-0.4, -0.2) is 35.1 Å². The molecule has 2 heterocycles. The van der Waals surface area contributed by atoms with E-state index >= 15 is 0 Å². The SMILES string of the molecule is Cn1nnc(CC(O)c2cnn(-c3ccccc3)c2)n1. The first-order valence-corrected chi connectivity index (χ1v) is 6.23. The van der Waals surface area contributed by atoms with E-state index in [4.69, 9.17) is 0 Å². The van der Waals surface area contributed by atoms with Gasteiger partial charge in [-0.15, -0.1) is 10.2 Å². The number of tetrazole rings is 1. The van der Waals surface area contributed by atoms with E-state index in [2.05, 4.69) is 20.5 Å². The molecule has 3 aromatic rings. The van der Waals surface area contributed by atoms with E-state index in [0.717, 1.165) is 11.3 Å². The molecule has 2 aromatic heterocycles. The second-order valence-electron chi connectivity index (χ2n) is 4.47. The highest BCUT2D eigenvalue weighted by atomic mass is 16.3. The lowest BCUT2D eigenvalue weighted by Crippen LogP contribution is -2.03. The standard InChI is InChI=1S/C13H14N6O/c1-18-16-13(15-17-18)7-12(20)10-8-14-19(9-10)11-5-3-2-4-6-11/h2-6,8-9,12,20H,7H2,1H3. The van der Waals surface area contributed by atoms with Gasteiger partial charge in [-0.1, -0.05) is 18.2 Å². The molecule has 0 radical (unpaired) electrons. The van der Waals surface area contributed by atoms with Gasteiger partial charge in [-0.3, -0.25) is 0 Å². The van der Waals surface area contributed by atoms with Gasteiger partial charge >= 0.3 is 0 Å². The maximum Gasteiger partial charge on any atom is 0.177 e. The Kier molecular flexibility index (Phi) is 3.26. The molecular weight excluding hydrogens is 256 g/mol. The number of benzene rings is 1. The van der Waals surface area contributed by atoms with Crippen LogP contribution in [0, 0.1) is 0 Å². The highest BCUT2D eigenvalue weighted by Gasteiger charge is 2.14. The Hall–Kier alpha value is -2.54. The minimum atomic E-state index is -0.698. The normalized spacial score (nSPS) is 12.5. The monoisotopic (exact) mass is 270 g/mol. The summed E-state index contributed by atoms with van der Waals surface area (Å²) in [6, 6.07) is 9.73. The number of aromatic nitrogens is 6. The topological polar surface area (TPSA) is 81.6 Å². The number of aryl methyl sites for hydroxylation is 1. The summed E-state index contributed by atoms with van der Waals surface area (Å²) in [5.41, 5.74) is 1.67. The molecule has 0 aliphatic heterocycles. The van der Waals surface area contributed by atoms with Crippen LogP contribution in [0.5, 0.6) is 0 Å². The molecule has 7 heteroatoms. The third-order valence-electron chi connectivity index (χ3n) is 2.93. The molecule has 1 N–H and O–H groups in total. The molecule has 0 aliphatic carbocycles. The van der Waals surface area contributed by atoms with Gasteiger partial charge in [0.2, 0.25) is 0 Å². The number of nitrogens with zero attached hydrogens (tertiary/aromatic N) is 6. The minimum absolute atomic E-state index is 0.314. The third kappa shape index (κ3) is 2.57. The highest BCUT2D eigenvalue weighted by Crippen LogP contribution is 2.17. The summed E-state index contributed by atoms with van der Waals surface area (Å²) in [5, 5.41) is 26.1. The molecule has 3 rings (SSSR count). The zero-order valence-electron chi connectivity index (χ0n) is 11.0. The number of hydrogen-bond donors (Lipinski definition) is 1. The van der Waals surface area contributed by atoms with E-state index in [0.29, 0.717) is 12.2 Å². The van der Waals surface area contributed by atoms with Crippen LogP contribution in [0.25, 0.3) is 5.69 Å². The Morgan fingerprint density at radius 3 is 2.75 bits per heavy atom. The lowest BCUT2D eigenvalue weighted by molar-refractivity contribution is 0.175. The van der Waals surface area contributed by atoms with E-state index in [1.54, 1.807) is 24.1 Å². The van der Waals surface area contributed by atoms with Gasteiger partial charge in [0, 0.05) is 18.2 Å². The predicted molar refractivity (Wildman–Crippen MR) is 71.0 cm³/mol. The van der Waals surface area contributed by atoms with Crippen LogP contribution in [0.15, 0.2) is 42.7 Å². The first kappa shape index (κ1) is 12.5. The maximum absolute atomic E-state index is 10.2. The van der Waals surface area contributed by atoms with Crippen LogP contribution < -0.4 is 0 Å². The second kappa shape index (κ2) is 5.22. The number of rotatable bonds is 4. The van der Waals surface area contributed by atoms with Crippen molar-refractivity contribution in [3.63, 3.8) is 0 Å². The first-order chi connectivity index (χ1) is 9.72. The van der Waals surface area contributed by atoms with Gasteiger partial charge < -0.3 is 5.11 Å². The fourth-order valence-electron chi connectivity index (χ4n) is 1.93. The van der Waals surface area contributed by atoms with Crippen molar-refractivity contribution in [2.24, 2.45) is 7.05 Å². The van der Waals surface area contributed by atoms with Crippen molar-refractivity contribution < 1.29 is 5.11 Å². The van der Waals surface area contributed by atoms with Gasteiger partial charge in [-0.05, 0) is 17.3 Å². The summed E-state index contributed by atoms with van der Waals surface area (Å²) in [4.78, 5) is 1.37. The van der Waals surface area contributed by atoms with Crippen molar-refractivity contribution >= 4 is 0 Å². The van der Waals surface area contributed by atoms with Crippen molar-refractivity contribution in [2.45, 2.75) is 12.5 Å². The summed E-state index contributed by atoms with van der Waals surface area (Å²) < 4.78 is 1.72. The molecular formula is C13H14N6O. The van der Waals surface area contributed by atoms with Crippen LogP contribution in [0.3, 0.4) is 0 Å². The Morgan fingerprint density at radius 1 is 1.25 bits per heavy atom. The Balaban J connectivity index is 1.76. The Morgan fingerprint density at radius 2 is 2.05 bits per heavy atom. The zero-order valence-corrected chi connectivity index (χ0v) is 11.0. The quantitative estimate of drug-likeness (QED) is 0.753. The minimum Gasteiger partial charge on any atom is -0.388 e. The van der Waals surface area contributed by atoms with Crippen molar-refractivity contribution in [3.8, 4) is 5.69 Å². The van der Waals surface area contributed by atoms with Crippen molar-refractivity contribution in [1.29, 1.82) is 0 Å². The molecule has 1 aromatic carbocycles. The smallest absolute Gasteiger partial charge is 0.177 e. The van der Waals surface area contributed by atoms with Crippen LogP contribution in [0.4, 0.5) is 0 Å². The number of aliphatic hydroxyl groups excluding tert-OH is 1. The molecule has 7 nitrogen and oxygen atoms in total. The van der Waals surface area contributed by atoms with Gasteiger partial charge in [0.15, 0.2) is 5.82 Å². The zero-order chi connectivity index (χ0) is 13.9. The van der Waals surface area contributed by atoms with Crippen molar-refractivity contribution in [2.75, 3.05) is 0 Å². The molecule has 0 amide bonds. The van der Waals surface area contributed by atoms with Crippen LogP contribution in [0.1, 0.15) is 17.5 Å². The summed E-state index contributed by atoms with van der Waals surface area (Å²) in [6.45, 7) is 0. The van der Waals surface area contributed by atoms with E-state index in [-0.39, 0.29) is 0 Å². The molecule has 102 valence electrons. The van der Waals surface area contributed by atoms with E-state index in [1.807, 2.05) is 30.3 Å². The van der Waals surface area contributed by atoms with Gasteiger partial charge in [0.25, 0.3) is 0 Å².